The Bertz CT molecular complexity index is 1520. The Hall–Kier alpha value is -3.72. The fourth-order valence-corrected chi connectivity index (χ4v) is 4.98. The van der Waals surface area contributed by atoms with Crippen LogP contribution in [0.1, 0.15) is 50.8 Å². The SMILES string of the molecule is CC(C)(C)OC(=O)N1CCCC(c2cc3c(-c4nc(NCc5ccc(F)c(F)c5)ccc4Cl)ccnc3[nH]2)C1. The lowest BCUT2D eigenvalue weighted by Gasteiger charge is -2.33. The maximum atomic E-state index is 13.6. The highest BCUT2D eigenvalue weighted by Crippen LogP contribution is 2.35. The van der Waals surface area contributed by atoms with Crippen molar-refractivity contribution < 1.29 is 18.3 Å². The zero-order chi connectivity index (χ0) is 27.7. The van der Waals surface area contributed by atoms with Crippen LogP contribution in [0.2, 0.25) is 5.02 Å². The van der Waals surface area contributed by atoms with Crippen molar-refractivity contribution in [1.82, 2.24) is 19.9 Å². The van der Waals surface area contributed by atoms with Crippen LogP contribution in [0, 0.1) is 11.6 Å². The number of nitrogens with zero attached hydrogens (tertiary/aromatic N) is 3. The summed E-state index contributed by atoms with van der Waals surface area (Å²) in [6.45, 7) is 7.08. The summed E-state index contributed by atoms with van der Waals surface area (Å²) < 4.78 is 32.4. The van der Waals surface area contributed by atoms with E-state index in [-0.39, 0.29) is 18.6 Å². The summed E-state index contributed by atoms with van der Waals surface area (Å²) in [4.78, 5) is 27.1. The van der Waals surface area contributed by atoms with Crippen LogP contribution in [0.25, 0.3) is 22.3 Å². The number of rotatable bonds is 5. The minimum Gasteiger partial charge on any atom is -0.444 e. The summed E-state index contributed by atoms with van der Waals surface area (Å²) in [7, 11) is 0. The van der Waals surface area contributed by atoms with Gasteiger partial charge in [-0.3, -0.25) is 0 Å². The number of nitrogens with one attached hydrogen (secondary N) is 2. The summed E-state index contributed by atoms with van der Waals surface area (Å²) in [5.74, 6) is -1.13. The number of hydrogen-bond donors (Lipinski definition) is 2. The van der Waals surface area contributed by atoms with Crippen LogP contribution in [0.3, 0.4) is 0 Å². The number of aromatic amines is 1. The minimum absolute atomic E-state index is 0.112. The molecule has 1 amide bonds. The maximum absolute atomic E-state index is 13.6. The van der Waals surface area contributed by atoms with Crippen LogP contribution in [-0.2, 0) is 11.3 Å². The maximum Gasteiger partial charge on any atom is 0.410 e. The number of halogens is 3. The molecule has 0 radical (unpaired) electrons. The molecular weight excluding hydrogens is 524 g/mol. The first-order valence-corrected chi connectivity index (χ1v) is 13.3. The van der Waals surface area contributed by atoms with Gasteiger partial charge in [-0.25, -0.2) is 23.5 Å². The van der Waals surface area contributed by atoms with Gasteiger partial charge in [-0.15, -0.1) is 0 Å². The monoisotopic (exact) mass is 553 g/mol. The van der Waals surface area contributed by atoms with E-state index in [4.69, 9.17) is 21.3 Å². The van der Waals surface area contributed by atoms with E-state index in [0.29, 0.717) is 40.8 Å². The molecule has 1 fully saturated rings. The second kappa shape index (κ2) is 10.8. The molecule has 1 saturated heterocycles. The van der Waals surface area contributed by atoms with Gasteiger partial charge in [0.25, 0.3) is 0 Å². The number of H-pyrrole nitrogens is 1. The lowest BCUT2D eigenvalue weighted by molar-refractivity contribution is 0.0197. The molecule has 0 spiro atoms. The number of hydrogen-bond acceptors (Lipinski definition) is 5. The predicted molar refractivity (Wildman–Crippen MR) is 148 cm³/mol. The van der Waals surface area contributed by atoms with Gasteiger partial charge in [0.1, 0.15) is 17.1 Å². The number of amides is 1. The van der Waals surface area contributed by atoms with Gasteiger partial charge in [-0.2, -0.15) is 0 Å². The molecule has 4 aromatic rings. The van der Waals surface area contributed by atoms with Crippen molar-refractivity contribution in [3.8, 4) is 11.3 Å². The van der Waals surface area contributed by atoms with Gasteiger partial charge < -0.3 is 19.9 Å². The predicted octanol–water partition coefficient (Wildman–Crippen LogP) is 7.28. The van der Waals surface area contributed by atoms with E-state index < -0.39 is 17.2 Å². The molecule has 7 nitrogen and oxygen atoms in total. The first kappa shape index (κ1) is 26.9. The largest absolute Gasteiger partial charge is 0.444 e. The molecule has 39 heavy (non-hydrogen) atoms. The Labute approximate surface area is 230 Å². The van der Waals surface area contributed by atoms with Crippen molar-refractivity contribution >= 4 is 34.5 Å². The summed E-state index contributed by atoms with van der Waals surface area (Å²) in [5, 5.41) is 4.49. The zero-order valence-electron chi connectivity index (χ0n) is 22.0. The third-order valence-corrected chi connectivity index (χ3v) is 6.93. The fourth-order valence-electron chi connectivity index (χ4n) is 4.77. The number of ether oxygens (including phenoxy) is 1. The van der Waals surface area contributed by atoms with Crippen LogP contribution >= 0.6 is 11.6 Å². The highest BCUT2D eigenvalue weighted by molar-refractivity contribution is 6.33. The molecular formula is C29H30ClF2N5O2. The molecule has 10 heteroatoms. The van der Waals surface area contributed by atoms with Crippen LogP contribution < -0.4 is 5.32 Å². The summed E-state index contributed by atoms with van der Waals surface area (Å²) in [5.41, 5.74) is 3.11. The lowest BCUT2D eigenvalue weighted by atomic mass is 9.94. The van der Waals surface area contributed by atoms with Crippen molar-refractivity contribution in [2.75, 3.05) is 18.4 Å². The molecule has 0 aliphatic carbocycles. The molecule has 4 heterocycles. The molecule has 0 bridgehead atoms. The number of pyridine rings is 2. The average Bonchev–Trinajstić information content (AvgIpc) is 3.34. The van der Waals surface area contributed by atoms with Crippen LogP contribution in [0.4, 0.5) is 19.4 Å². The third kappa shape index (κ3) is 6.14. The Balaban J connectivity index is 1.39. The molecule has 3 aromatic heterocycles. The number of fused-ring (bicyclic) bond motifs is 1. The minimum atomic E-state index is -0.895. The van der Waals surface area contributed by atoms with E-state index >= 15 is 0 Å². The molecule has 1 unspecified atom stereocenters. The molecule has 1 aromatic carbocycles. The average molecular weight is 554 g/mol. The molecule has 1 aliphatic rings. The Morgan fingerprint density at radius 1 is 1.18 bits per heavy atom. The molecule has 5 rings (SSSR count). The van der Waals surface area contributed by atoms with Crippen LogP contribution in [0.5, 0.6) is 0 Å². The van der Waals surface area contributed by atoms with Crippen molar-refractivity contribution in [3.63, 3.8) is 0 Å². The van der Waals surface area contributed by atoms with Crippen molar-refractivity contribution in [3.05, 3.63) is 76.6 Å². The highest BCUT2D eigenvalue weighted by Gasteiger charge is 2.29. The lowest BCUT2D eigenvalue weighted by Crippen LogP contribution is -2.42. The Morgan fingerprint density at radius 2 is 2.00 bits per heavy atom. The van der Waals surface area contributed by atoms with Gasteiger partial charge in [0.15, 0.2) is 11.6 Å². The number of aromatic nitrogens is 3. The third-order valence-electron chi connectivity index (χ3n) is 6.62. The summed E-state index contributed by atoms with van der Waals surface area (Å²) in [6, 6.07) is 11.2. The first-order chi connectivity index (χ1) is 18.6. The van der Waals surface area contributed by atoms with Gasteiger partial charge in [0, 0.05) is 48.4 Å². The van der Waals surface area contributed by atoms with Gasteiger partial charge in [0.05, 0.1) is 10.7 Å². The van der Waals surface area contributed by atoms with Crippen molar-refractivity contribution in [2.45, 2.75) is 51.7 Å². The first-order valence-electron chi connectivity index (χ1n) is 12.9. The van der Waals surface area contributed by atoms with E-state index in [1.165, 1.54) is 6.07 Å². The summed E-state index contributed by atoms with van der Waals surface area (Å²) in [6.07, 6.45) is 3.21. The number of piperidine rings is 1. The number of likely N-dealkylation sites (tertiary alicyclic amines) is 1. The fraction of sp³-hybridized carbons (Fsp3) is 0.345. The van der Waals surface area contributed by atoms with Gasteiger partial charge in [-0.1, -0.05) is 17.7 Å². The zero-order valence-corrected chi connectivity index (χ0v) is 22.8. The summed E-state index contributed by atoms with van der Waals surface area (Å²) >= 11 is 6.58. The molecule has 1 atom stereocenters. The molecule has 0 saturated carbocycles. The van der Waals surface area contributed by atoms with Crippen LogP contribution in [0.15, 0.2) is 48.7 Å². The second-order valence-electron chi connectivity index (χ2n) is 10.7. The number of carbonyl (C=O) groups is 1. The van der Waals surface area contributed by atoms with Gasteiger partial charge in [-0.05, 0) is 75.6 Å². The normalized spacial score (nSPS) is 15.9. The quantitative estimate of drug-likeness (QED) is 0.271. The number of carbonyl (C=O) groups excluding carboxylic acids is 1. The van der Waals surface area contributed by atoms with Gasteiger partial charge in [0.2, 0.25) is 0 Å². The van der Waals surface area contributed by atoms with E-state index in [9.17, 15) is 13.6 Å². The Morgan fingerprint density at radius 3 is 2.77 bits per heavy atom. The van der Waals surface area contributed by atoms with E-state index in [2.05, 4.69) is 21.4 Å². The van der Waals surface area contributed by atoms with Crippen LogP contribution in [-0.4, -0.2) is 44.6 Å². The second-order valence-corrected chi connectivity index (χ2v) is 11.1. The molecule has 1 aliphatic heterocycles. The smallest absolute Gasteiger partial charge is 0.410 e. The van der Waals surface area contributed by atoms with Crippen molar-refractivity contribution in [1.29, 1.82) is 0 Å². The number of benzene rings is 1. The Kier molecular flexibility index (Phi) is 7.44. The standard InChI is InChI=1S/C29H30ClF2N5O2/c1-29(2,3)39-28(38)37-12-4-5-18(16-37)24-14-20-19(10-11-33-27(20)35-24)26-21(30)7-9-25(36-26)34-15-17-6-8-22(31)23(32)13-17/h6-11,13-14,18H,4-5,12,15-16H2,1-3H3,(H,33,35)(H,34,36). The van der Waals surface area contributed by atoms with E-state index in [1.54, 1.807) is 23.2 Å². The molecule has 2 N–H and O–H groups in total. The van der Waals surface area contributed by atoms with E-state index in [1.807, 2.05) is 26.8 Å². The van der Waals surface area contributed by atoms with E-state index in [0.717, 1.165) is 41.6 Å². The molecule has 204 valence electrons. The van der Waals surface area contributed by atoms with Crippen molar-refractivity contribution in [2.24, 2.45) is 0 Å². The topological polar surface area (TPSA) is 83.1 Å². The highest BCUT2D eigenvalue weighted by atomic mass is 35.5. The van der Waals surface area contributed by atoms with Gasteiger partial charge >= 0.3 is 6.09 Å². The number of anilines is 1.